The van der Waals surface area contributed by atoms with E-state index in [2.05, 4.69) is 9.88 Å². The minimum Gasteiger partial charge on any atom is -0.344 e. The number of hydrogen-bond donors (Lipinski definition) is 1. The molecule has 166 valence electrons. The lowest BCUT2D eigenvalue weighted by atomic mass is 10.0. The molecule has 0 saturated carbocycles. The molecular formula is C26H22FN3O2S. The maximum atomic E-state index is 13.6. The average molecular weight is 460 g/mol. The Kier molecular flexibility index (Phi) is 5.34. The summed E-state index contributed by atoms with van der Waals surface area (Å²) in [6.07, 6.45) is 2.04. The van der Waals surface area contributed by atoms with Crippen LogP contribution in [0.2, 0.25) is 0 Å². The summed E-state index contributed by atoms with van der Waals surface area (Å²) >= 11 is 1.65. The number of rotatable bonds is 3. The minimum atomic E-state index is -0.459. The molecule has 2 amide bonds. The Labute approximate surface area is 195 Å². The first-order valence-electron chi connectivity index (χ1n) is 10.6. The molecule has 2 aromatic heterocycles. The number of nitrogens with zero attached hydrogens (tertiary/aromatic N) is 2. The molecule has 0 fully saturated rings. The molecule has 7 heteroatoms. The second kappa shape index (κ2) is 8.33. The number of anilines is 2. The molecule has 0 aliphatic carbocycles. The number of benzene rings is 2. The van der Waals surface area contributed by atoms with E-state index in [9.17, 15) is 14.0 Å². The third-order valence-electron chi connectivity index (χ3n) is 5.97. The van der Waals surface area contributed by atoms with E-state index in [1.165, 1.54) is 12.1 Å². The number of halogens is 1. The Hall–Kier alpha value is -3.71. The molecule has 0 spiro atoms. The van der Waals surface area contributed by atoms with Crippen LogP contribution in [0.1, 0.15) is 42.4 Å². The zero-order valence-corrected chi connectivity index (χ0v) is 19.1. The Morgan fingerprint density at radius 3 is 2.64 bits per heavy atom. The van der Waals surface area contributed by atoms with Crippen molar-refractivity contribution in [3.63, 3.8) is 0 Å². The first-order valence-corrected chi connectivity index (χ1v) is 11.5. The minimum absolute atomic E-state index is 0.0827. The second-order valence-electron chi connectivity index (χ2n) is 8.19. The van der Waals surface area contributed by atoms with Gasteiger partial charge in [0.25, 0.3) is 11.8 Å². The SMILES string of the molecule is Cc1ccc(F)cc1C(=O)Nc1ccc(C(=O)N2Cc3cccn3Cc3sccc32)c(C)c1. The third-order valence-corrected chi connectivity index (χ3v) is 6.87. The summed E-state index contributed by atoms with van der Waals surface area (Å²) in [5, 5.41) is 4.82. The molecule has 1 N–H and O–H groups in total. The van der Waals surface area contributed by atoms with Gasteiger partial charge in [-0.25, -0.2) is 4.39 Å². The van der Waals surface area contributed by atoms with Crippen LogP contribution in [0.3, 0.4) is 0 Å². The van der Waals surface area contributed by atoms with Crippen LogP contribution in [-0.2, 0) is 13.1 Å². The van der Waals surface area contributed by atoms with Crippen molar-refractivity contribution in [2.75, 3.05) is 10.2 Å². The van der Waals surface area contributed by atoms with E-state index in [1.807, 2.05) is 41.6 Å². The van der Waals surface area contributed by atoms with Gasteiger partial charge in [-0.2, -0.15) is 0 Å². The molecule has 0 bridgehead atoms. The van der Waals surface area contributed by atoms with Gasteiger partial charge >= 0.3 is 0 Å². The maximum absolute atomic E-state index is 13.6. The number of hydrogen-bond acceptors (Lipinski definition) is 3. The van der Waals surface area contributed by atoms with Crippen LogP contribution in [0, 0.1) is 19.7 Å². The number of fused-ring (bicyclic) bond motifs is 2. The number of aromatic nitrogens is 1. The van der Waals surface area contributed by atoms with Crippen molar-refractivity contribution >= 4 is 34.5 Å². The number of carbonyl (C=O) groups is 2. The summed E-state index contributed by atoms with van der Waals surface area (Å²) in [6.45, 7) is 4.86. The molecule has 0 radical (unpaired) electrons. The van der Waals surface area contributed by atoms with Crippen molar-refractivity contribution < 1.29 is 14.0 Å². The smallest absolute Gasteiger partial charge is 0.258 e. The van der Waals surface area contributed by atoms with Crippen LogP contribution in [0.4, 0.5) is 15.8 Å². The first kappa shape index (κ1) is 21.2. The van der Waals surface area contributed by atoms with Crippen molar-refractivity contribution in [2.24, 2.45) is 0 Å². The van der Waals surface area contributed by atoms with Gasteiger partial charge in [0, 0.05) is 33.6 Å². The monoisotopic (exact) mass is 459 g/mol. The molecule has 5 nitrogen and oxygen atoms in total. The van der Waals surface area contributed by atoms with Crippen molar-refractivity contribution in [1.82, 2.24) is 4.57 Å². The number of carbonyl (C=O) groups excluding carboxylic acids is 2. The molecule has 33 heavy (non-hydrogen) atoms. The summed E-state index contributed by atoms with van der Waals surface area (Å²) in [6, 6.07) is 15.4. The van der Waals surface area contributed by atoms with Crippen LogP contribution >= 0.6 is 11.3 Å². The molecule has 0 saturated heterocycles. The molecule has 0 atom stereocenters. The number of amides is 2. The van der Waals surface area contributed by atoms with E-state index in [0.29, 0.717) is 23.4 Å². The van der Waals surface area contributed by atoms with E-state index in [-0.39, 0.29) is 17.4 Å². The summed E-state index contributed by atoms with van der Waals surface area (Å²) in [4.78, 5) is 29.2. The van der Waals surface area contributed by atoms with Crippen molar-refractivity contribution in [3.05, 3.63) is 105 Å². The van der Waals surface area contributed by atoms with Crippen LogP contribution in [0.25, 0.3) is 0 Å². The van der Waals surface area contributed by atoms with E-state index >= 15 is 0 Å². The Morgan fingerprint density at radius 1 is 0.970 bits per heavy atom. The average Bonchev–Trinajstić information content (AvgIpc) is 3.40. The van der Waals surface area contributed by atoms with Crippen molar-refractivity contribution in [1.29, 1.82) is 0 Å². The molecule has 1 aliphatic rings. The second-order valence-corrected chi connectivity index (χ2v) is 9.19. The van der Waals surface area contributed by atoms with Crippen molar-refractivity contribution in [2.45, 2.75) is 26.9 Å². The highest BCUT2D eigenvalue weighted by Gasteiger charge is 2.26. The van der Waals surface area contributed by atoms with Gasteiger partial charge in [-0.05, 0) is 78.9 Å². The molecule has 1 aliphatic heterocycles. The molecule has 2 aromatic carbocycles. The maximum Gasteiger partial charge on any atom is 0.258 e. The Balaban J connectivity index is 1.41. The van der Waals surface area contributed by atoms with Gasteiger partial charge in [0.1, 0.15) is 5.82 Å². The molecule has 5 rings (SSSR count). The summed E-state index contributed by atoms with van der Waals surface area (Å²) < 4.78 is 15.8. The summed E-state index contributed by atoms with van der Waals surface area (Å²) in [5.41, 5.74) is 4.88. The molecule has 3 heterocycles. The predicted octanol–water partition coefficient (Wildman–Crippen LogP) is 5.77. The van der Waals surface area contributed by atoms with Gasteiger partial charge in [-0.1, -0.05) is 6.07 Å². The number of nitrogens with one attached hydrogen (secondary N) is 1. The fourth-order valence-corrected chi connectivity index (χ4v) is 5.06. The van der Waals surface area contributed by atoms with E-state index < -0.39 is 5.82 Å². The van der Waals surface area contributed by atoms with Crippen molar-refractivity contribution in [3.8, 4) is 0 Å². The van der Waals surface area contributed by atoms with Gasteiger partial charge in [0.2, 0.25) is 0 Å². The van der Waals surface area contributed by atoms with Gasteiger partial charge in [-0.3, -0.25) is 9.59 Å². The first-order chi connectivity index (χ1) is 15.9. The van der Waals surface area contributed by atoms with E-state index in [0.717, 1.165) is 28.4 Å². The summed E-state index contributed by atoms with van der Waals surface area (Å²) in [5.74, 6) is -0.929. The third kappa shape index (κ3) is 3.96. The van der Waals surface area contributed by atoms with Gasteiger partial charge in [-0.15, -0.1) is 11.3 Å². The lowest BCUT2D eigenvalue weighted by molar-refractivity contribution is 0.0983. The highest BCUT2D eigenvalue weighted by atomic mass is 32.1. The molecule has 4 aromatic rings. The largest absolute Gasteiger partial charge is 0.344 e. The lowest BCUT2D eigenvalue weighted by Crippen LogP contribution is -2.30. The van der Waals surface area contributed by atoms with E-state index in [1.54, 1.807) is 42.5 Å². The highest BCUT2D eigenvalue weighted by Crippen LogP contribution is 2.33. The quantitative estimate of drug-likeness (QED) is 0.423. The summed E-state index contributed by atoms with van der Waals surface area (Å²) in [7, 11) is 0. The predicted molar refractivity (Wildman–Crippen MR) is 129 cm³/mol. The molecule has 0 unspecified atom stereocenters. The topological polar surface area (TPSA) is 54.3 Å². The fraction of sp³-hybridized carbons (Fsp3) is 0.154. The number of thiophene rings is 1. The normalized spacial score (nSPS) is 12.6. The van der Waals surface area contributed by atoms with Gasteiger partial charge in [0.15, 0.2) is 0 Å². The fourth-order valence-electron chi connectivity index (χ4n) is 4.19. The van der Waals surface area contributed by atoms with Gasteiger partial charge < -0.3 is 14.8 Å². The van der Waals surface area contributed by atoms with Gasteiger partial charge in [0.05, 0.1) is 18.8 Å². The van der Waals surface area contributed by atoms with Crippen LogP contribution in [0.15, 0.2) is 66.2 Å². The highest BCUT2D eigenvalue weighted by molar-refractivity contribution is 7.10. The lowest BCUT2D eigenvalue weighted by Gasteiger charge is -2.22. The van der Waals surface area contributed by atoms with Crippen LogP contribution < -0.4 is 10.2 Å². The zero-order valence-electron chi connectivity index (χ0n) is 18.3. The van der Waals surface area contributed by atoms with Crippen LogP contribution in [-0.4, -0.2) is 16.4 Å². The number of aryl methyl sites for hydroxylation is 2. The van der Waals surface area contributed by atoms with E-state index in [4.69, 9.17) is 0 Å². The Bertz CT molecular complexity index is 1390. The molecular weight excluding hydrogens is 437 g/mol. The zero-order chi connectivity index (χ0) is 23.1. The standard InChI is InChI=1S/C26H22FN3O2S/c1-16-5-6-18(27)13-22(16)25(31)28-19-7-8-21(17(2)12-19)26(32)30-14-20-4-3-10-29(20)15-24-23(30)9-11-33-24/h3-13H,14-15H2,1-2H3,(H,28,31). The Morgan fingerprint density at radius 2 is 1.82 bits per heavy atom. The van der Waals surface area contributed by atoms with Crippen LogP contribution in [0.5, 0.6) is 0 Å².